The van der Waals surface area contributed by atoms with Crippen molar-refractivity contribution in [2.24, 2.45) is 5.73 Å². The van der Waals surface area contributed by atoms with E-state index in [-0.39, 0.29) is 36.8 Å². The van der Waals surface area contributed by atoms with Crippen LogP contribution in [0.2, 0.25) is 5.32 Å². The summed E-state index contributed by atoms with van der Waals surface area (Å²) in [7, 11) is 0. The number of carbonyl (C=O) groups is 5. The summed E-state index contributed by atoms with van der Waals surface area (Å²) in [6, 6.07) is -4.55. The molecule has 0 aliphatic heterocycles. The molecule has 0 fully saturated rings. The second-order valence-corrected chi connectivity index (χ2v) is 7.28. The first-order chi connectivity index (χ1) is 14.0. The Hall–Kier alpha value is -2.15. The monoisotopic (exact) mass is 513 g/mol. The molecule has 0 aliphatic carbocycles. The summed E-state index contributed by atoms with van der Waals surface area (Å²) in [6.45, 7) is 0. The van der Waals surface area contributed by atoms with Gasteiger partial charge in [0.15, 0.2) is 0 Å². The van der Waals surface area contributed by atoms with Gasteiger partial charge in [-0.25, -0.2) is 4.79 Å². The van der Waals surface area contributed by atoms with Gasteiger partial charge in [-0.2, -0.15) is 12.6 Å². The fourth-order valence-corrected chi connectivity index (χ4v) is 2.80. The van der Waals surface area contributed by atoms with Crippen molar-refractivity contribution in [3.8, 4) is 0 Å². The fourth-order valence-electron chi connectivity index (χ4n) is 2.04. The van der Waals surface area contributed by atoms with Gasteiger partial charge in [-0.3, -0.25) is 4.79 Å². The van der Waals surface area contributed by atoms with E-state index in [4.69, 9.17) is 15.9 Å². The third-order valence-corrected chi connectivity index (χ3v) is 4.90. The molecule has 14 heteroatoms. The molecule has 30 heavy (non-hydrogen) atoms. The van der Waals surface area contributed by atoms with Crippen molar-refractivity contribution >= 4 is 64.6 Å². The molecule has 0 unspecified atom stereocenters. The van der Waals surface area contributed by atoms with E-state index in [1.807, 2.05) is 16.0 Å². The van der Waals surface area contributed by atoms with Crippen LogP contribution < -0.4 is 21.7 Å². The Balaban J connectivity index is 4.45. The van der Waals surface area contributed by atoms with Crippen molar-refractivity contribution in [2.45, 2.75) is 55.2 Å². The second kappa shape index (κ2) is 14.8. The maximum absolute atomic E-state index is 12.0. The van der Waals surface area contributed by atoms with E-state index < -0.39 is 53.8 Å². The summed E-state index contributed by atoms with van der Waals surface area (Å²) >= 11 is 5.85. The first kappa shape index (κ1) is 27.8. The average Bonchev–Trinajstić information content (AvgIpc) is 2.70. The molecule has 3 amide bonds. The van der Waals surface area contributed by atoms with E-state index >= 15 is 0 Å². The summed E-state index contributed by atoms with van der Waals surface area (Å²) in [5.74, 6) is -4.55. The van der Waals surface area contributed by atoms with Gasteiger partial charge < -0.3 is 10.4 Å². The number of rotatable bonds is 15. The van der Waals surface area contributed by atoms with E-state index in [2.05, 4.69) is 28.6 Å². The number of amides is 3. The number of nitrogens with two attached hydrogens (primary N) is 1. The van der Waals surface area contributed by atoms with Crippen LogP contribution >= 0.6 is 12.6 Å². The molecule has 1 radical (unpaired) electrons. The smallest absolute Gasteiger partial charge is 0.480 e. The Kier molecular flexibility index (Phi) is 13.7. The van der Waals surface area contributed by atoms with Crippen LogP contribution in [0.3, 0.4) is 0 Å². The minimum atomic E-state index is -1.26. The Bertz CT molecular complexity index is 651. The second-order valence-electron chi connectivity index (χ2n) is 6.14. The number of nitrogens with one attached hydrogen (secondary N) is 3. The van der Waals surface area contributed by atoms with Gasteiger partial charge in [-0.15, -0.1) is 0 Å². The molecule has 0 aliphatic rings. The number of carbonyl (C=O) groups excluding carboxylic acids is 4. The predicted octanol–water partition coefficient (Wildman–Crippen LogP) is -3.14. The average molecular weight is 512 g/mol. The summed E-state index contributed by atoms with van der Waals surface area (Å²) in [4.78, 5) is 68.2. The van der Waals surface area contributed by atoms with Gasteiger partial charge in [0, 0.05) is 5.75 Å². The fraction of sp³-hybridized carbons (Fsp3) is 0.625. The molecule has 0 aromatic carbocycles. The van der Waals surface area contributed by atoms with E-state index in [9.17, 15) is 28.8 Å². The Morgan fingerprint density at radius 2 is 1.43 bits per heavy atom. The molecular formula is C16H25N4O8SSe. The van der Waals surface area contributed by atoms with Crippen LogP contribution in [0.5, 0.6) is 0 Å². The quantitative estimate of drug-likeness (QED) is 0.0873. The van der Waals surface area contributed by atoms with Crippen molar-refractivity contribution < 1.29 is 39.0 Å². The number of carboxylic acid groups (broad SMARTS) is 2. The summed E-state index contributed by atoms with van der Waals surface area (Å²) in [5.41, 5.74) is 5.67. The van der Waals surface area contributed by atoms with E-state index in [0.717, 1.165) is 0 Å². The minimum absolute atomic E-state index is 0.100. The zero-order valence-electron chi connectivity index (χ0n) is 15.9. The molecule has 0 saturated carbocycles. The van der Waals surface area contributed by atoms with Crippen LogP contribution in [0.4, 0.5) is 0 Å². The van der Waals surface area contributed by atoms with Crippen molar-refractivity contribution in [1.82, 2.24) is 16.0 Å². The molecule has 0 bridgehead atoms. The van der Waals surface area contributed by atoms with Gasteiger partial charge in [-0.1, -0.05) is 0 Å². The summed E-state index contributed by atoms with van der Waals surface area (Å²) in [6.07, 6.45) is 0.859. The first-order valence-corrected chi connectivity index (χ1v) is 10.7. The van der Waals surface area contributed by atoms with E-state index in [0.29, 0.717) is 0 Å². The SMILES string of the molecule is N[C@@H](CCC(=O)N[C@@H](C[SeH])C(=O)O)C(=O)N[C@H]([C]=O)CCC(=O)N[C@@H](CS)C(=O)O. The van der Waals surface area contributed by atoms with Crippen LogP contribution in [0.15, 0.2) is 0 Å². The van der Waals surface area contributed by atoms with E-state index in [1.165, 1.54) is 0 Å². The minimum Gasteiger partial charge on any atom is -0.480 e. The molecule has 12 nitrogen and oxygen atoms in total. The van der Waals surface area contributed by atoms with Crippen LogP contribution in [0.25, 0.3) is 0 Å². The molecule has 7 N–H and O–H groups in total. The standard InChI is InChI=1S/C16H25N4O8SSe/c17-9(2-4-13(23)20-11(7-30)16(27)28)14(24)18-8(5-21)1-3-12(22)19-10(6-29)15(25)26/h8-11,29-30H,1-4,6-7,17H2,(H,18,24)(H,19,22)(H,20,23)(H,25,26)(H,27,28)/t8-,9-,10-,11-/m0/s1. The molecule has 0 heterocycles. The van der Waals surface area contributed by atoms with Gasteiger partial charge in [0.1, 0.15) is 6.04 Å². The molecule has 4 atom stereocenters. The van der Waals surface area contributed by atoms with Gasteiger partial charge >= 0.3 is 136 Å². The summed E-state index contributed by atoms with van der Waals surface area (Å²) < 4.78 is 0. The van der Waals surface area contributed by atoms with Gasteiger partial charge in [-0.05, 0) is 0 Å². The van der Waals surface area contributed by atoms with Crippen molar-refractivity contribution in [1.29, 1.82) is 0 Å². The van der Waals surface area contributed by atoms with Crippen LogP contribution in [0.1, 0.15) is 25.7 Å². The molecule has 0 aromatic heterocycles. The molecule has 0 aromatic rings. The molecule has 0 saturated heterocycles. The normalized spacial score (nSPS) is 14.5. The van der Waals surface area contributed by atoms with Gasteiger partial charge in [0.2, 0.25) is 5.91 Å². The number of thiol groups is 1. The Labute approximate surface area is 186 Å². The molecular weight excluding hydrogens is 487 g/mol. The van der Waals surface area contributed by atoms with Gasteiger partial charge in [0.05, 0.1) is 0 Å². The third kappa shape index (κ3) is 11.1. The number of hydrogen-bond acceptors (Lipinski definition) is 8. The zero-order chi connectivity index (χ0) is 23.3. The van der Waals surface area contributed by atoms with Crippen LogP contribution in [-0.4, -0.2) is 92.1 Å². The number of hydrogen-bond donors (Lipinski definition) is 7. The number of aliphatic carboxylic acids is 2. The third-order valence-electron chi connectivity index (χ3n) is 3.77. The van der Waals surface area contributed by atoms with E-state index in [1.54, 1.807) is 6.29 Å². The Morgan fingerprint density at radius 3 is 1.87 bits per heavy atom. The first-order valence-electron chi connectivity index (χ1n) is 8.75. The Morgan fingerprint density at radius 1 is 0.933 bits per heavy atom. The maximum atomic E-state index is 12.0. The predicted molar refractivity (Wildman–Crippen MR) is 109 cm³/mol. The van der Waals surface area contributed by atoms with Crippen LogP contribution in [-0.2, 0) is 28.8 Å². The zero-order valence-corrected chi connectivity index (χ0v) is 18.6. The van der Waals surface area contributed by atoms with Crippen molar-refractivity contribution in [2.75, 3.05) is 5.75 Å². The summed E-state index contributed by atoms with van der Waals surface area (Å²) in [5, 5.41) is 24.6. The molecule has 169 valence electrons. The number of carboxylic acids is 2. The molecule has 0 spiro atoms. The van der Waals surface area contributed by atoms with Crippen LogP contribution in [0, 0.1) is 0 Å². The molecule has 0 rings (SSSR count). The van der Waals surface area contributed by atoms with Crippen molar-refractivity contribution in [3.63, 3.8) is 0 Å². The van der Waals surface area contributed by atoms with Crippen molar-refractivity contribution in [3.05, 3.63) is 0 Å². The van der Waals surface area contributed by atoms with Gasteiger partial charge in [0.25, 0.3) is 0 Å². The topological polar surface area (TPSA) is 205 Å².